The van der Waals surface area contributed by atoms with Crippen molar-refractivity contribution in [1.29, 1.82) is 0 Å². The van der Waals surface area contributed by atoms with Gasteiger partial charge in [-0.3, -0.25) is 9.59 Å². The van der Waals surface area contributed by atoms with Gasteiger partial charge in [0.2, 0.25) is 0 Å². The van der Waals surface area contributed by atoms with Crippen molar-refractivity contribution in [1.82, 2.24) is 0 Å². The van der Waals surface area contributed by atoms with E-state index in [0.29, 0.717) is 23.3 Å². The average molecular weight is 353 g/mol. The monoisotopic (exact) mass is 352 g/mol. The smallest absolute Gasteiger partial charge is 0.317 e. The molecular weight excluding hydrogens is 342 g/mol. The topological polar surface area (TPSA) is 43.4 Å². The van der Waals surface area contributed by atoms with Gasteiger partial charge in [0.1, 0.15) is 15.9 Å². The van der Waals surface area contributed by atoms with Crippen LogP contribution in [0.1, 0.15) is 22.3 Å². The maximum atomic E-state index is 12.9. The number of ketones is 1. The second kappa shape index (κ2) is 5.95. The van der Waals surface area contributed by atoms with Crippen LogP contribution in [0.5, 0.6) is 5.75 Å². The van der Waals surface area contributed by atoms with Gasteiger partial charge < -0.3 is 4.74 Å². The Morgan fingerprint density at radius 1 is 1.00 bits per heavy atom. The summed E-state index contributed by atoms with van der Waals surface area (Å²) in [6, 6.07) is 11.4. The summed E-state index contributed by atoms with van der Waals surface area (Å²) in [5.41, 5.74) is 0.787. The van der Waals surface area contributed by atoms with Crippen LogP contribution < -0.4 is 4.74 Å². The van der Waals surface area contributed by atoms with Crippen LogP contribution >= 0.6 is 23.2 Å². The fourth-order valence-corrected chi connectivity index (χ4v) is 2.59. The van der Waals surface area contributed by atoms with E-state index in [-0.39, 0.29) is 5.78 Å². The lowest BCUT2D eigenvalue weighted by molar-refractivity contribution is -0.135. The van der Waals surface area contributed by atoms with Crippen molar-refractivity contribution in [3.8, 4) is 5.75 Å². The molecule has 0 amide bonds. The summed E-state index contributed by atoms with van der Waals surface area (Å²) in [6.07, 6.45) is 0.371. The molecule has 2 aromatic carbocycles. The first-order valence-electron chi connectivity index (χ1n) is 6.87. The molecule has 0 unspecified atom stereocenters. The van der Waals surface area contributed by atoms with E-state index in [4.69, 9.17) is 27.9 Å². The Bertz CT molecular complexity index is 754. The lowest BCUT2D eigenvalue weighted by Gasteiger charge is -2.06. The van der Waals surface area contributed by atoms with E-state index in [1.54, 1.807) is 0 Å². The van der Waals surface area contributed by atoms with Crippen molar-refractivity contribution < 1.29 is 18.7 Å². The fourth-order valence-electron chi connectivity index (χ4n) is 2.10. The molecule has 0 aliphatic heterocycles. The predicted molar refractivity (Wildman–Crippen MR) is 84.5 cm³/mol. The minimum Gasteiger partial charge on any atom is -0.426 e. The van der Waals surface area contributed by atoms with Gasteiger partial charge in [0.15, 0.2) is 5.78 Å². The third kappa shape index (κ3) is 3.54. The van der Waals surface area contributed by atoms with Gasteiger partial charge in [0, 0.05) is 11.1 Å². The van der Waals surface area contributed by atoms with Crippen LogP contribution in [0.15, 0.2) is 48.5 Å². The molecule has 1 saturated carbocycles. The number of esters is 1. The summed E-state index contributed by atoms with van der Waals surface area (Å²) >= 11 is 11.6. The van der Waals surface area contributed by atoms with Crippen molar-refractivity contribution in [2.75, 3.05) is 0 Å². The molecule has 6 heteroatoms. The molecule has 1 fully saturated rings. The van der Waals surface area contributed by atoms with Crippen LogP contribution in [0.4, 0.5) is 4.39 Å². The van der Waals surface area contributed by atoms with E-state index in [2.05, 4.69) is 0 Å². The molecule has 0 heterocycles. The Morgan fingerprint density at radius 2 is 1.48 bits per heavy atom. The van der Waals surface area contributed by atoms with Gasteiger partial charge in [0.05, 0.1) is 5.92 Å². The number of ether oxygens (including phenoxy) is 1. The summed E-state index contributed by atoms with van der Waals surface area (Å²) in [5, 5.41) is 0. The molecule has 1 aliphatic rings. The Labute approximate surface area is 142 Å². The van der Waals surface area contributed by atoms with Crippen LogP contribution in [0.25, 0.3) is 0 Å². The highest BCUT2D eigenvalue weighted by atomic mass is 35.5. The van der Waals surface area contributed by atoms with Crippen molar-refractivity contribution in [2.24, 2.45) is 5.92 Å². The summed E-state index contributed by atoms with van der Waals surface area (Å²) in [4.78, 5) is 24.0. The fraction of sp³-hybridized carbons (Fsp3) is 0.176. The zero-order valence-corrected chi connectivity index (χ0v) is 13.3. The molecule has 118 valence electrons. The maximum absolute atomic E-state index is 12.9. The first kappa shape index (κ1) is 16.0. The zero-order valence-electron chi connectivity index (χ0n) is 11.8. The van der Waals surface area contributed by atoms with Crippen LogP contribution in [0, 0.1) is 11.7 Å². The van der Waals surface area contributed by atoms with E-state index in [9.17, 15) is 14.0 Å². The van der Waals surface area contributed by atoms with E-state index in [0.717, 1.165) is 0 Å². The van der Waals surface area contributed by atoms with Crippen molar-refractivity contribution in [3.05, 3.63) is 65.5 Å². The number of benzene rings is 2. The second-order valence-electron chi connectivity index (χ2n) is 5.30. The largest absolute Gasteiger partial charge is 0.426 e. The highest BCUT2D eigenvalue weighted by molar-refractivity contribution is 6.52. The van der Waals surface area contributed by atoms with E-state index < -0.39 is 22.0 Å². The van der Waals surface area contributed by atoms with Crippen molar-refractivity contribution in [2.45, 2.75) is 10.8 Å². The molecule has 0 bridgehead atoms. The Balaban J connectivity index is 1.68. The summed E-state index contributed by atoms with van der Waals surface area (Å²) in [5.74, 6) is -1.36. The number of carbonyl (C=O) groups is 2. The molecule has 3 rings (SSSR count). The summed E-state index contributed by atoms with van der Waals surface area (Å²) in [7, 11) is 0. The molecule has 1 aliphatic carbocycles. The van der Waals surface area contributed by atoms with Crippen LogP contribution in [-0.4, -0.2) is 16.1 Å². The van der Waals surface area contributed by atoms with E-state index in [1.165, 1.54) is 48.5 Å². The van der Waals surface area contributed by atoms with Gasteiger partial charge in [-0.05, 0) is 55.0 Å². The Morgan fingerprint density at radius 3 is 1.96 bits per heavy atom. The van der Waals surface area contributed by atoms with Crippen molar-refractivity contribution in [3.63, 3.8) is 0 Å². The molecule has 0 aromatic heterocycles. The van der Waals surface area contributed by atoms with Gasteiger partial charge in [-0.1, -0.05) is 0 Å². The first-order valence-corrected chi connectivity index (χ1v) is 7.62. The third-order valence-corrected chi connectivity index (χ3v) is 4.39. The van der Waals surface area contributed by atoms with Gasteiger partial charge in [-0.15, -0.1) is 23.2 Å². The molecule has 3 nitrogen and oxygen atoms in total. The molecule has 0 N–H and O–H groups in total. The Kier molecular flexibility index (Phi) is 4.13. The minimum atomic E-state index is -1.03. The highest BCUT2D eigenvalue weighted by Crippen LogP contribution is 2.53. The average Bonchev–Trinajstić information content (AvgIpc) is 3.17. The molecule has 0 spiro atoms. The third-order valence-electron chi connectivity index (χ3n) is 3.55. The molecule has 1 atom stereocenters. The van der Waals surface area contributed by atoms with Crippen molar-refractivity contribution >= 4 is 35.0 Å². The predicted octanol–water partition coefficient (Wildman–Crippen LogP) is 4.16. The minimum absolute atomic E-state index is 0.245. The van der Waals surface area contributed by atoms with E-state index >= 15 is 0 Å². The molecule has 0 radical (unpaired) electrons. The maximum Gasteiger partial charge on any atom is 0.317 e. The molecule has 2 aromatic rings. The molecule has 23 heavy (non-hydrogen) atoms. The summed E-state index contributed by atoms with van der Waals surface area (Å²) < 4.78 is 17.0. The van der Waals surface area contributed by atoms with Crippen LogP contribution in [-0.2, 0) is 4.79 Å². The number of halogens is 3. The standard InChI is InChI=1S/C17H11Cl2FO3/c18-17(19)9-14(17)16(22)23-13-7-3-11(4-8-13)15(21)10-1-5-12(20)6-2-10/h1-8,14H,9H2/t14-/m1/s1. The summed E-state index contributed by atoms with van der Waals surface area (Å²) in [6.45, 7) is 0. The highest BCUT2D eigenvalue weighted by Gasteiger charge is 2.57. The van der Waals surface area contributed by atoms with Crippen LogP contribution in [0.2, 0.25) is 0 Å². The number of hydrogen-bond donors (Lipinski definition) is 0. The van der Waals surface area contributed by atoms with Gasteiger partial charge >= 0.3 is 5.97 Å². The van der Waals surface area contributed by atoms with Crippen LogP contribution in [0.3, 0.4) is 0 Å². The van der Waals surface area contributed by atoms with Gasteiger partial charge in [-0.25, -0.2) is 4.39 Å². The molecular formula is C17H11Cl2FO3. The van der Waals surface area contributed by atoms with Gasteiger partial charge in [-0.2, -0.15) is 0 Å². The lowest BCUT2D eigenvalue weighted by Crippen LogP contribution is -2.14. The van der Waals surface area contributed by atoms with Gasteiger partial charge in [0.25, 0.3) is 0 Å². The lowest BCUT2D eigenvalue weighted by atomic mass is 10.0. The quantitative estimate of drug-likeness (QED) is 0.359. The number of carbonyl (C=O) groups excluding carboxylic acids is 2. The molecule has 0 saturated heterocycles. The Hall–Kier alpha value is -1.91. The number of hydrogen-bond acceptors (Lipinski definition) is 3. The SMILES string of the molecule is O=C(c1ccc(F)cc1)c1ccc(OC(=O)[C@H]2CC2(Cl)Cl)cc1. The zero-order chi connectivity index (χ0) is 16.6. The second-order valence-corrected chi connectivity index (χ2v) is 6.84. The number of alkyl halides is 2. The first-order chi connectivity index (χ1) is 10.9. The van der Waals surface area contributed by atoms with E-state index in [1.807, 2.05) is 0 Å². The number of rotatable bonds is 4. The normalized spacial score (nSPS) is 18.3.